The van der Waals surface area contributed by atoms with Gasteiger partial charge in [-0.15, -0.1) is 0 Å². The van der Waals surface area contributed by atoms with E-state index >= 15 is 0 Å². The predicted molar refractivity (Wildman–Crippen MR) is 69.4 cm³/mol. The first-order valence-corrected chi connectivity index (χ1v) is 5.94. The van der Waals surface area contributed by atoms with Gasteiger partial charge in [0.15, 0.2) is 0 Å². The fourth-order valence-electron chi connectivity index (χ4n) is 1.86. The lowest BCUT2D eigenvalue weighted by molar-refractivity contribution is 0.774. The normalized spacial score (nSPS) is 10.9. The monoisotopic (exact) mass is 288 g/mol. The highest BCUT2D eigenvalue weighted by molar-refractivity contribution is 9.10. The van der Waals surface area contributed by atoms with Gasteiger partial charge in [0, 0.05) is 23.1 Å². The van der Waals surface area contributed by atoms with Gasteiger partial charge >= 0.3 is 0 Å². The van der Waals surface area contributed by atoms with E-state index in [4.69, 9.17) is 0 Å². The molecule has 0 radical (unpaired) electrons. The molecule has 0 fully saturated rings. The van der Waals surface area contributed by atoms with E-state index in [0.29, 0.717) is 0 Å². The van der Waals surface area contributed by atoms with Gasteiger partial charge < -0.3 is 0 Å². The van der Waals surface area contributed by atoms with E-state index in [9.17, 15) is 0 Å². The fourth-order valence-corrected chi connectivity index (χ4v) is 2.33. The molecule has 1 aromatic carbocycles. The zero-order valence-electron chi connectivity index (χ0n) is 9.13. The van der Waals surface area contributed by atoms with Crippen molar-refractivity contribution >= 4 is 26.8 Å². The number of rotatable bonds is 1. The van der Waals surface area contributed by atoms with Gasteiger partial charge in [-0.05, 0) is 28.1 Å². The summed E-state index contributed by atoms with van der Waals surface area (Å²) in [5, 5.41) is 5.19. The van der Waals surface area contributed by atoms with E-state index in [0.717, 1.165) is 26.8 Å². The molecule has 2 heterocycles. The average molecular weight is 289 g/mol. The Hall–Kier alpha value is -1.75. The van der Waals surface area contributed by atoms with Crippen LogP contribution in [-0.2, 0) is 7.05 Å². The molecule has 0 saturated carbocycles. The maximum Gasteiger partial charge on any atom is 0.116 e. The van der Waals surface area contributed by atoms with E-state index < -0.39 is 0 Å². The molecule has 0 saturated heterocycles. The molecule has 2 aromatic heterocycles. The van der Waals surface area contributed by atoms with Crippen LogP contribution in [0.4, 0.5) is 0 Å². The van der Waals surface area contributed by atoms with Crippen LogP contribution in [-0.4, -0.2) is 19.7 Å². The first-order valence-electron chi connectivity index (χ1n) is 5.15. The second-order valence-electron chi connectivity index (χ2n) is 3.70. The summed E-state index contributed by atoms with van der Waals surface area (Å²) >= 11 is 3.50. The van der Waals surface area contributed by atoms with Gasteiger partial charge in [0.25, 0.3) is 0 Å². The first-order chi connectivity index (χ1) is 8.27. The number of nitrogens with zero attached hydrogens (tertiary/aromatic N) is 4. The Morgan fingerprint density at radius 2 is 2.06 bits per heavy atom. The molecule has 0 aliphatic heterocycles. The number of aryl methyl sites for hydroxylation is 1. The van der Waals surface area contributed by atoms with Crippen molar-refractivity contribution in [1.82, 2.24) is 19.7 Å². The predicted octanol–water partition coefficient (Wildman–Crippen LogP) is 2.79. The van der Waals surface area contributed by atoms with Crippen LogP contribution in [0.5, 0.6) is 0 Å². The van der Waals surface area contributed by atoms with Crippen LogP contribution in [0.15, 0.2) is 41.3 Å². The largest absolute Gasteiger partial charge is 0.266 e. The van der Waals surface area contributed by atoms with Gasteiger partial charge in [-0.1, -0.05) is 12.1 Å². The topological polar surface area (TPSA) is 43.6 Å². The van der Waals surface area contributed by atoms with Gasteiger partial charge in [0.1, 0.15) is 6.33 Å². The van der Waals surface area contributed by atoms with Crippen molar-refractivity contribution in [1.29, 1.82) is 0 Å². The Bertz CT molecular complexity index is 690. The third-order valence-electron chi connectivity index (χ3n) is 2.68. The number of hydrogen-bond acceptors (Lipinski definition) is 3. The Labute approximate surface area is 106 Å². The number of halogens is 1. The van der Waals surface area contributed by atoms with Crippen LogP contribution in [0.25, 0.3) is 22.3 Å². The molecule has 0 aliphatic rings. The lowest BCUT2D eigenvalue weighted by Gasteiger charge is -2.06. The summed E-state index contributed by atoms with van der Waals surface area (Å²) in [4.78, 5) is 8.65. The highest BCUT2D eigenvalue weighted by Crippen LogP contribution is 2.28. The van der Waals surface area contributed by atoms with Crippen molar-refractivity contribution in [2.24, 2.45) is 7.05 Å². The Kier molecular flexibility index (Phi) is 2.40. The Morgan fingerprint density at radius 1 is 1.18 bits per heavy atom. The van der Waals surface area contributed by atoms with Gasteiger partial charge in [-0.2, -0.15) is 5.10 Å². The number of para-hydroxylation sites is 1. The van der Waals surface area contributed by atoms with Crippen LogP contribution in [0.2, 0.25) is 0 Å². The van der Waals surface area contributed by atoms with Crippen LogP contribution in [0.1, 0.15) is 0 Å². The molecule has 84 valence electrons. The molecule has 3 rings (SSSR count). The number of hydrogen-bond donors (Lipinski definition) is 0. The molecular weight excluding hydrogens is 280 g/mol. The number of fused-ring (bicyclic) bond motifs is 1. The summed E-state index contributed by atoms with van der Waals surface area (Å²) in [7, 11) is 1.90. The quantitative estimate of drug-likeness (QED) is 0.692. The van der Waals surface area contributed by atoms with Gasteiger partial charge in [-0.3, -0.25) is 4.68 Å². The minimum Gasteiger partial charge on any atom is -0.266 e. The third-order valence-corrected chi connectivity index (χ3v) is 3.32. The molecule has 4 nitrogen and oxygen atoms in total. The molecule has 0 aliphatic carbocycles. The molecule has 3 aromatic rings. The molecule has 0 N–H and O–H groups in total. The minimum absolute atomic E-state index is 0.899. The van der Waals surface area contributed by atoms with Gasteiger partial charge in [-0.25, -0.2) is 9.97 Å². The van der Waals surface area contributed by atoms with E-state index in [1.165, 1.54) is 0 Å². The molecule has 0 atom stereocenters. The van der Waals surface area contributed by atoms with E-state index in [1.807, 2.05) is 36.0 Å². The zero-order chi connectivity index (χ0) is 11.8. The molecule has 0 amide bonds. The van der Waals surface area contributed by atoms with Crippen molar-refractivity contribution in [2.45, 2.75) is 0 Å². The summed E-state index contributed by atoms with van der Waals surface area (Å²) in [5.41, 5.74) is 2.80. The minimum atomic E-state index is 0.899. The van der Waals surface area contributed by atoms with Crippen molar-refractivity contribution in [2.75, 3.05) is 0 Å². The van der Waals surface area contributed by atoms with Crippen LogP contribution in [0, 0.1) is 0 Å². The maximum atomic E-state index is 4.36. The van der Waals surface area contributed by atoms with Gasteiger partial charge in [0.05, 0.1) is 16.9 Å². The molecular formula is C12H9BrN4. The molecule has 17 heavy (non-hydrogen) atoms. The average Bonchev–Trinajstić information content (AvgIpc) is 2.75. The molecule has 0 bridgehead atoms. The van der Waals surface area contributed by atoms with Crippen molar-refractivity contribution < 1.29 is 0 Å². The number of aromatic nitrogens is 4. The van der Waals surface area contributed by atoms with Crippen LogP contribution >= 0.6 is 15.9 Å². The smallest absolute Gasteiger partial charge is 0.116 e. The lowest BCUT2D eigenvalue weighted by atomic mass is 10.1. The fraction of sp³-hybridized carbons (Fsp3) is 0.0833. The second-order valence-corrected chi connectivity index (χ2v) is 4.55. The molecule has 5 heteroatoms. The SMILES string of the molecule is Cn1nccc1-c1ncnc2c(Br)cccc12. The summed E-state index contributed by atoms with van der Waals surface area (Å²) in [6, 6.07) is 7.92. The second kappa shape index (κ2) is 3.92. The van der Waals surface area contributed by atoms with E-state index in [-0.39, 0.29) is 0 Å². The van der Waals surface area contributed by atoms with Crippen molar-refractivity contribution in [3.8, 4) is 11.4 Å². The Morgan fingerprint density at radius 3 is 2.82 bits per heavy atom. The molecule has 0 unspecified atom stereocenters. The lowest BCUT2D eigenvalue weighted by Crippen LogP contribution is -1.97. The zero-order valence-corrected chi connectivity index (χ0v) is 10.7. The Balaban J connectivity index is 2.38. The summed E-state index contributed by atoms with van der Waals surface area (Å²) in [6.45, 7) is 0. The summed E-state index contributed by atoms with van der Waals surface area (Å²) < 4.78 is 2.78. The summed E-state index contributed by atoms with van der Waals surface area (Å²) in [6.07, 6.45) is 3.34. The standard InChI is InChI=1S/C12H9BrN4/c1-17-10(5-6-16-17)12-8-3-2-4-9(13)11(8)14-7-15-12/h2-7H,1H3. The summed E-state index contributed by atoms with van der Waals surface area (Å²) in [5.74, 6) is 0. The van der Waals surface area contributed by atoms with Gasteiger partial charge in [0.2, 0.25) is 0 Å². The van der Waals surface area contributed by atoms with Crippen molar-refractivity contribution in [3.63, 3.8) is 0 Å². The van der Waals surface area contributed by atoms with E-state index in [2.05, 4.69) is 31.0 Å². The van der Waals surface area contributed by atoms with E-state index in [1.54, 1.807) is 12.5 Å². The third kappa shape index (κ3) is 1.63. The highest BCUT2D eigenvalue weighted by atomic mass is 79.9. The van der Waals surface area contributed by atoms with Crippen LogP contribution in [0.3, 0.4) is 0 Å². The molecule has 0 spiro atoms. The maximum absolute atomic E-state index is 4.36. The first kappa shape index (κ1) is 10.4. The van der Waals surface area contributed by atoms with Crippen LogP contribution < -0.4 is 0 Å². The van der Waals surface area contributed by atoms with Crippen molar-refractivity contribution in [3.05, 3.63) is 41.3 Å². The number of benzene rings is 1. The highest BCUT2D eigenvalue weighted by Gasteiger charge is 2.10.